The van der Waals surface area contributed by atoms with Crippen molar-refractivity contribution in [1.82, 2.24) is 4.98 Å². The monoisotopic (exact) mass is 267 g/mol. The van der Waals surface area contributed by atoms with E-state index >= 15 is 0 Å². The topological polar surface area (TPSA) is 85.6 Å². The number of pyridine rings is 1. The number of esters is 1. The molecule has 1 rings (SSSR count). The van der Waals surface area contributed by atoms with E-state index in [0.717, 1.165) is 0 Å². The van der Waals surface area contributed by atoms with Crippen LogP contribution in [0, 0.1) is 17.0 Å². The SMILES string of the molecule is COC(=O)CN(c1ncc([N+](=O)[O-])cc1C)C(C)C. The number of carbonyl (C=O) groups is 1. The van der Waals surface area contributed by atoms with Crippen LogP contribution in [0.1, 0.15) is 19.4 Å². The molecular formula is C12H17N3O4. The standard InChI is InChI=1S/C12H17N3O4/c1-8(2)14(7-11(16)19-4)12-9(3)5-10(6-13-12)15(17)18/h5-6,8H,7H2,1-4H3. The van der Waals surface area contributed by atoms with E-state index < -0.39 is 4.92 Å². The first-order valence-electron chi connectivity index (χ1n) is 5.81. The average molecular weight is 267 g/mol. The summed E-state index contributed by atoms with van der Waals surface area (Å²) in [6.45, 7) is 5.60. The number of anilines is 1. The quantitative estimate of drug-likeness (QED) is 0.458. The van der Waals surface area contributed by atoms with E-state index in [9.17, 15) is 14.9 Å². The van der Waals surface area contributed by atoms with Crippen molar-refractivity contribution >= 4 is 17.5 Å². The van der Waals surface area contributed by atoms with Crippen LogP contribution < -0.4 is 4.90 Å². The maximum atomic E-state index is 11.4. The molecule has 0 spiro atoms. The lowest BCUT2D eigenvalue weighted by molar-refractivity contribution is -0.385. The Morgan fingerprint density at radius 1 is 1.58 bits per heavy atom. The molecule has 0 saturated carbocycles. The van der Waals surface area contributed by atoms with Crippen LogP contribution in [0.4, 0.5) is 11.5 Å². The van der Waals surface area contributed by atoms with Gasteiger partial charge >= 0.3 is 5.97 Å². The Hall–Kier alpha value is -2.18. The van der Waals surface area contributed by atoms with Crippen molar-refractivity contribution in [3.05, 3.63) is 27.9 Å². The van der Waals surface area contributed by atoms with Crippen molar-refractivity contribution < 1.29 is 14.5 Å². The summed E-state index contributed by atoms with van der Waals surface area (Å²) in [4.78, 5) is 27.4. The van der Waals surface area contributed by atoms with Gasteiger partial charge in [-0.15, -0.1) is 0 Å². The fourth-order valence-corrected chi connectivity index (χ4v) is 1.66. The lowest BCUT2D eigenvalue weighted by Gasteiger charge is -2.27. The second kappa shape index (κ2) is 6.12. The average Bonchev–Trinajstić information content (AvgIpc) is 2.35. The Bertz CT molecular complexity index is 488. The predicted octanol–water partition coefficient (Wildman–Crippen LogP) is 1.69. The van der Waals surface area contributed by atoms with Gasteiger partial charge in [-0.25, -0.2) is 4.98 Å². The van der Waals surface area contributed by atoms with Crippen LogP contribution in [0.5, 0.6) is 0 Å². The first-order chi connectivity index (χ1) is 8.86. The highest BCUT2D eigenvalue weighted by molar-refractivity contribution is 5.75. The number of nitrogens with zero attached hydrogens (tertiary/aromatic N) is 3. The third-order valence-corrected chi connectivity index (χ3v) is 2.67. The lowest BCUT2D eigenvalue weighted by atomic mass is 10.2. The highest BCUT2D eigenvalue weighted by Gasteiger charge is 2.20. The fourth-order valence-electron chi connectivity index (χ4n) is 1.66. The zero-order valence-corrected chi connectivity index (χ0v) is 11.4. The predicted molar refractivity (Wildman–Crippen MR) is 70.1 cm³/mol. The number of aryl methyl sites for hydroxylation is 1. The van der Waals surface area contributed by atoms with E-state index in [-0.39, 0.29) is 24.2 Å². The van der Waals surface area contributed by atoms with Gasteiger partial charge in [0.15, 0.2) is 0 Å². The molecule has 1 aromatic heterocycles. The first kappa shape index (κ1) is 14.9. The molecule has 1 heterocycles. The molecule has 7 nitrogen and oxygen atoms in total. The smallest absolute Gasteiger partial charge is 0.325 e. The van der Waals surface area contributed by atoms with Gasteiger partial charge in [-0.3, -0.25) is 14.9 Å². The zero-order chi connectivity index (χ0) is 14.6. The minimum atomic E-state index is -0.496. The van der Waals surface area contributed by atoms with E-state index in [4.69, 9.17) is 0 Å². The van der Waals surface area contributed by atoms with Crippen molar-refractivity contribution in [1.29, 1.82) is 0 Å². The number of nitro groups is 1. The molecule has 0 saturated heterocycles. The van der Waals surface area contributed by atoms with Gasteiger partial charge in [0.2, 0.25) is 0 Å². The second-order valence-electron chi connectivity index (χ2n) is 4.39. The Kier molecular flexibility index (Phi) is 4.80. The van der Waals surface area contributed by atoms with Gasteiger partial charge in [0.25, 0.3) is 5.69 Å². The molecule has 0 aliphatic carbocycles. The van der Waals surface area contributed by atoms with Crippen LogP contribution in [0.15, 0.2) is 12.3 Å². The first-order valence-corrected chi connectivity index (χ1v) is 5.81. The molecular weight excluding hydrogens is 250 g/mol. The molecule has 19 heavy (non-hydrogen) atoms. The maximum Gasteiger partial charge on any atom is 0.325 e. The largest absolute Gasteiger partial charge is 0.468 e. The van der Waals surface area contributed by atoms with Crippen LogP contribution in [-0.4, -0.2) is 35.6 Å². The highest BCUT2D eigenvalue weighted by Crippen LogP contribution is 2.23. The van der Waals surface area contributed by atoms with Gasteiger partial charge in [-0.2, -0.15) is 0 Å². The fraction of sp³-hybridized carbons (Fsp3) is 0.500. The zero-order valence-electron chi connectivity index (χ0n) is 11.4. The Morgan fingerprint density at radius 3 is 2.63 bits per heavy atom. The van der Waals surface area contributed by atoms with E-state index in [2.05, 4.69) is 9.72 Å². The molecule has 0 bridgehead atoms. The minimum absolute atomic E-state index is 0.0201. The number of aromatic nitrogens is 1. The van der Waals surface area contributed by atoms with Crippen molar-refractivity contribution in [2.75, 3.05) is 18.6 Å². The number of hydrogen-bond acceptors (Lipinski definition) is 6. The number of methoxy groups -OCH3 is 1. The van der Waals surface area contributed by atoms with Gasteiger partial charge in [0, 0.05) is 12.1 Å². The van der Waals surface area contributed by atoms with Crippen molar-refractivity contribution in [3.63, 3.8) is 0 Å². The summed E-state index contributed by atoms with van der Waals surface area (Å²) >= 11 is 0. The van der Waals surface area contributed by atoms with Gasteiger partial charge in [-0.05, 0) is 26.3 Å². The van der Waals surface area contributed by atoms with Crippen molar-refractivity contribution in [3.8, 4) is 0 Å². The Morgan fingerprint density at radius 2 is 2.21 bits per heavy atom. The van der Waals surface area contributed by atoms with Crippen LogP contribution in [0.3, 0.4) is 0 Å². The van der Waals surface area contributed by atoms with Crippen LogP contribution in [-0.2, 0) is 9.53 Å². The molecule has 0 unspecified atom stereocenters. The van der Waals surface area contributed by atoms with E-state index in [1.54, 1.807) is 11.8 Å². The summed E-state index contributed by atoms with van der Waals surface area (Å²) in [5.41, 5.74) is 0.579. The third-order valence-electron chi connectivity index (χ3n) is 2.67. The maximum absolute atomic E-state index is 11.4. The third kappa shape index (κ3) is 3.64. The number of hydrogen-bond donors (Lipinski definition) is 0. The lowest BCUT2D eigenvalue weighted by Crippen LogP contribution is -2.37. The summed E-state index contributed by atoms with van der Waals surface area (Å²) in [6.07, 6.45) is 1.19. The normalized spacial score (nSPS) is 10.4. The Labute approximate surface area is 111 Å². The van der Waals surface area contributed by atoms with Gasteiger partial charge in [0.1, 0.15) is 18.6 Å². The van der Waals surface area contributed by atoms with Gasteiger partial charge in [0.05, 0.1) is 12.0 Å². The molecule has 0 aliphatic rings. The summed E-state index contributed by atoms with van der Waals surface area (Å²) in [5, 5.41) is 10.7. The summed E-state index contributed by atoms with van der Waals surface area (Å²) in [6, 6.07) is 1.46. The number of carbonyl (C=O) groups excluding carboxylic acids is 1. The molecule has 104 valence electrons. The number of rotatable bonds is 5. The molecule has 0 aliphatic heterocycles. The molecule has 0 aromatic carbocycles. The number of ether oxygens (including phenoxy) is 1. The van der Waals surface area contributed by atoms with E-state index in [0.29, 0.717) is 11.4 Å². The molecule has 0 amide bonds. The van der Waals surface area contributed by atoms with Crippen LogP contribution in [0.2, 0.25) is 0 Å². The Balaban J connectivity index is 3.09. The van der Waals surface area contributed by atoms with E-state index in [1.807, 2.05) is 13.8 Å². The molecule has 7 heteroatoms. The highest BCUT2D eigenvalue weighted by atomic mass is 16.6. The molecule has 0 atom stereocenters. The van der Waals surface area contributed by atoms with Crippen LogP contribution >= 0.6 is 0 Å². The minimum Gasteiger partial charge on any atom is -0.468 e. The van der Waals surface area contributed by atoms with Crippen molar-refractivity contribution in [2.24, 2.45) is 0 Å². The van der Waals surface area contributed by atoms with Gasteiger partial charge < -0.3 is 9.64 Å². The molecule has 0 fully saturated rings. The molecule has 1 aromatic rings. The molecule has 0 radical (unpaired) electrons. The van der Waals surface area contributed by atoms with E-state index in [1.165, 1.54) is 19.4 Å². The van der Waals surface area contributed by atoms with Crippen molar-refractivity contribution in [2.45, 2.75) is 26.8 Å². The summed E-state index contributed by atoms with van der Waals surface area (Å²) < 4.78 is 4.64. The molecule has 0 N–H and O–H groups in total. The van der Waals surface area contributed by atoms with Crippen LogP contribution in [0.25, 0.3) is 0 Å². The summed E-state index contributed by atoms with van der Waals surface area (Å²) in [5.74, 6) is 0.166. The summed E-state index contributed by atoms with van der Waals surface area (Å²) in [7, 11) is 1.32. The second-order valence-corrected chi connectivity index (χ2v) is 4.39. The van der Waals surface area contributed by atoms with Gasteiger partial charge in [-0.1, -0.05) is 0 Å².